The van der Waals surface area contributed by atoms with Gasteiger partial charge >= 0.3 is 0 Å². The molecule has 120 valence electrons. The summed E-state index contributed by atoms with van der Waals surface area (Å²) in [5.74, 6) is 0.331. The summed E-state index contributed by atoms with van der Waals surface area (Å²) in [6, 6.07) is 7.96. The van der Waals surface area contributed by atoms with E-state index in [1.165, 1.54) is 5.56 Å². The van der Waals surface area contributed by atoms with Gasteiger partial charge in [-0.3, -0.25) is 4.99 Å². The van der Waals surface area contributed by atoms with Crippen LogP contribution >= 0.6 is 24.0 Å². The number of hydrogen-bond donors (Lipinski definition) is 3. The summed E-state index contributed by atoms with van der Waals surface area (Å²) >= 11 is 0. The smallest absolute Gasteiger partial charge is 0.208 e. The number of aliphatic imine (C=N–C) groups is 1. The van der Waals surface area contributed by atoms with Gasteiger partial charge in [0.2, 0.25) is 10.0 Å². The summed E-state index contributed by atoms with van der Waals surface area (Å²) in [6.45, 7) is 2.92. The molecule has 4 N–H and O–H groups in total. The fourth-order valence-electron chi connectivity index (χ4n) is 1.59. The van der Waals surface area contributed by atoms with Crippen molar-refractivity contribution in [1.82, 2.24) is 4.72 Å². The van der Waals surface area contributed by atoms with Gasteiger partial charge < -0.3 is 11.1 Å². The van der Waals surface area contributed by atoms with Crippen LogP contribution < -0.4 is 15.8 Å². The van der Waals surface area contributed by atoms with Crippen LogP contribution in [0.15, 0.2) is 29.3 Å². The third-order valence-corrected chi connectivity index (χ3v) is 3.32. The molecule has 0 aromatic heterocycles. The lowest BCUT2D eigenvalue weighted by molar-refractivity contribution is 0.586. The molecule has 0 heterocycles. The van der Waals surface area contributed by atoms with Crippen molar-refractivity contribution in [3.8, 4) is 0 Å². The van der Waals surface area contributed by atoms with Crippen LogP contribution in [0.25, 0.3) is 0 Å². The molecule has 1 aromatic rings. The van der Waals surface area contributed by atoms with E-state index in [1.54, 1.807) is 0 Å². The molecule has 1 rings (SSSR count). The normalized spacial score (nSPS) is 11.8. The Hall–Kier alpha value is -0.870. The number of nitrogens with one attached hydrogen (secondary N) is 2. The van der Waals surface area contributed by atoms with Gasteiger partial charge in [-0.2, -0.15) is 0 Å². The predicted octanol–water partition coefficient (Wildman–Crippen LogP) is 1.53. The second kappa shape index (κ2) is 9.96. The number of benzene rings is 1. The predicted molar refractivity (Wildman–Crippen MR) is 98.8 cm³/mol. The molecule has 6 nitrogen and oxygen atoms in total. The number of hydrogen-bond acceptors (Lipinski definition) is 3. The minimum Gasteiger partial charge on any atom is -0.370 e. The fraction of sp³-hybridized carbons (Fsp3) is 0.462. The molecule has 0 atom stereocenters. The Balaban J connectivity index is 0.00000400. The largest absolute Gasteiger partial charge is 0.370 e. The molecule has 21 heavy (non-hydrogen) atoms. The molecule has 1 aromatic carbocycles. The van der Waals surface area contributed by atoms with E-state index in [1.807, 2.05) is 18.2 Å². The minimum absolute atomic E-state index is 0. The van der Waals surface area contributed by atoms with Crippen LogP contribution in [0.1, 0.15) is 18.9 Å². The molecule has 0 radical (unpaired) electrons. The Morgan fingerprint density at radius 3 is 2.71 bits per heavy atom. The van der Waals surface area contributed by atoms with Crippen LogP contribution in [-0.2, 0) is 16.4 Å². The Morgan fingerprint density at radius 1 is 1.38 bits per heavy atom. The molecule has 0 saturated carbocycles. The quantitative estimate of drug-likeness (QED) is 0.267. The summed E-state index contributed by atoms with van der Waals surface area (Å²) in [7, 11) is -3.13. The minimum atomic E-state index is -3.13. The zero-order valence-electron chi connectivity index (χ0n) is 12.3. The lowest BCUT2D eigenvalue weighted by Crippen LogP contribution is -2.25. The second-order valence-corrected chi connectivity index (χ2v) is 6.30. The van der Waals surface area contributed by atoms with E-state index in [2.05, 4.69) is 28.0 Å². The van der Waals surface area contributed by atoms with E-state index >= 15 is 0 Å². The molecular weight excluding hydrogens is 403 g/mol. The average Bonchev–Trinajstić information content (AvgIpc) is 2.37. The van der Waals surface area contributed by atoms with Crippen LogP contribution in [0.4, 0.5) is 5.69 Å². The van der Waals surface area contributed by atoms with E-state index in [-0.39, 0.29) is 24.0 Å². The molecular formula is C13H23IN4O2S. The van der Waals surface area contributed by atoms with Crippen LogP contribution in [0.3, 0.4) is 0 Å². The molecule has 0 saturated heterocycles. The van der Waals surface area contributed by atoms with Crippen LogP contribution in [0, 0.1) is 0 Å². The maximum atomic E-state index is 10.8. The van der Waals surface area contributed by atoms with Gasteiger partial charge in [0, 0.05) is 18.8 Å². The van der Waals surface area contributed by atoms with E-state index in [0.29, 0.717) is 25.5 Å². The van der Waals surface area contributed by atoms with Crippen molar-refractivity contribution < 1.29 is 8.42 Å². The van der Waals surface area contributed by atoms with Crippen LogP contribution in [0.2, 0.25) is 0 Å². The molecule has 0 bridgehead atoms. The van der Waals surface area contributed by atoms with Crippen molar-refractivity contribution in [2.45, 2.75) is 19.8 Å². The molecule has 0 aliphatic carbocycles. The summed E-state index contributed by atoms with van der Waals surface area (Å²) < 4.78 is 24.1. The summed E-state index contributed by atoms with van der Waals surface area (Å²) in [5, 5.41) is 3.01. The summed E-state index contributed by atoms with van der Waals surface area (Å²) in [5.41, 5.74) is 7.89. The fourth-order valence-corrected chi connectivity index (χ4v) is 2.11. The summed E-state index contributed by atoms with van der Waals surface area (Å²) in [6.07, 6.45) is 2.70. The first-order valence-electron chi connectivity index (χ1n) is 6.51. The third-order valence-electron chi connectivity index (χ3n) is 2.59. The first kappa shape index (κ1) is 20.1. The number of guanidine groups is 1. The van der Waals surface area contributed by atoms with Crippen molar-refractivity contribution in [3.63, 3.8) is 0 Å². The van der Waals surface area contributed by atoms with Crippen molar-refractivity contribution in [1.29, 1.82) is 0 Å². The molecule has 0 fully saturated rings. The first-order valence-corrected chi connectivity index (χ1v) is 8.40. The van der Waals surface area contributed by atoms with Gasteiger partial charge in [0.15, 0.2) is 5.96 Å². The third kappa shape index (κ3) is 9.64. The van der Waals surface area contributed by atoms with Crippen molar-refractivity contribution in [2.24, 2.45) is 10.7 Å². The highest BCUT2D eigenvalue weighted by molar-refractivity contribution is 14.0. The molecule has 0 unspecified atom stereocenters. The SMILES string of the molecule is CCc1cccc(NC(N)=NCCCNS(C)(=O)=O)c1.I. The monoisotopic (exact) mass is 426 g/mol. The summed E-state index contributed by atoms with van der Waals surface area (Å²) in [4.78, 5) is 4.14. The average molecular weight is 426 g/mol. The maximum Gasteiger partial charge on any atom is 0.208 e. The Bertz CT molecular complexity index is 561. The highest BCUT2D eigenvalue weighted by Gasteiger charge is 1.99. The van der Waals surface area contributed by atoms with E-state index in [9.17, 15) is 8.42 Å². The van der Waals surface area contributed by atoms with Gasteiger partial charge in [0.25, 0.3) is 0 Å². The van der Waals surface area contributed by atoms with Gasteiger partial charge in [-0.15, -0.1) is 24.0 Å². The molecule has 0 amide bonds. The number of rotatable bonds is 7. The van der Waals surface area contributed by atoms with Gasteiger partial charge in [-0.1, -0.05) is 19.1 Å². The zero-order valence-corrected chi connectivity index (χ0v) is 15.4. The lowest BCUT2D eigenvalue weighted by atomic mass is 10.1. The Kier molecular flexibility index (Phi) is 9.54. The topological polar surface area (TPSA) is 96.6 Å². The first-order chi connectivity index (χ1) is 9.40. The van der Waals surface area contributed by atoms with Crippen LogP contribution in [0.5, 0.6) is 0 Å². The number of halogens is 1. The van der Waals surface area contributed by atoms with Crippen molar-refractivity contribution in [3.05, 3.63) is 29.8 Å². The molecule has 8 heteroatoms. The lowest BCUT2D eigenvalue weighted by Gasteiger charge is -2.07. The Labute approximate surface area is 143 Å². The van der Waals surface area contributed by atoms with Gasteiger partial charge in [0.05, 0.1) is 6.26 Å². The second-order valence-electron chi connectivity index (χ2n) is 4.47. The van der Waals surface area contributed by atoms with E-state index < -0.39 is 10.0 Å². The number of nitrogens with zero attached hydrogens (tertiary/aromatic N) is 1. The van der Waals surface area contributed by atoms with Gasteiger partial charge in [0.1, 0.15) is 0 Å². The van der Waals surface area contributed by atoms with Gasteiger partial charge in [-0.25, -0.2) is 13.1 Å². The zero-order chi connectivity index (χ0) is 15.0. The number of anilines is 1. The van der Waals surface area contributed by atoms with Crippen molar-refractivity contribution in [2.75, 3.05) is 24.7 Å². The standard InChI is InChI=1S/C13H22N4O2S.HI/c1-3-11-6-4-7-12(10-11)17-13(14)15-8-5-9-16-20(2,18)19;/h4,6-7,10,16H,3,5,8-9H2,1-2H3,(H3,14,15,17);1H. The Morgan fingerprint density at radius 2 is 2.10 bits per heavy atom. The highest BCUT2D eigenvalue weighted by Crippen LogP contribution is 2.10. The highest BCUT2D eigenvalue weighted by atomic mass is 127. The van der Waals surface area contributed by atoms with Crippen LogP contribution in [-0.4, -0.2) is 33.7 Å². The molecule has 0 spiro atoms. The maximum absolute atomic E-state index is 10.8. The van der Waals surface area contributed by atoms with E-state index in [0.717, 1.165) is 18.4 Å². The van der Waals surface area contributed by atoms with E-state index in [4.69, 9.17) is 5.73 Å². The van der Waals surface area contributed by atoms with Crippen molar-refractivity contribution >= 4 is 45.6 Å². The number of nitrogens with two attached hydrogens (primary N) is 1. The number of aryl methyl sites for hydroxylation is 1. The number of sulfonamides is 1. The molecule has 0 aliphatic heterocycles. The van der Waals surface area contributed by atoms with Gasteiger partial charge in [-0.05, 0) is 30.5 Å². The molecule has 0 aliphatic rings.